The van der Waals surface area contributed by atoms with Crippen LogP contribution in [0.2, 0.25) is 0 Å². The number of pyridine rings is 1. The van der Waals surface area contributed by atoms with Crippen molar-refractivity contribution in [2.75, 3.05) is 0 Å². The second kappa shape index (κ2) is 9.51. The summed E-state index contributed by atoms with van der Waals surface area (Å²) < 4.78 is 14.0. The van der Waals surface area contributed by atoms with E-state index < -0.39 is 0 Å². The van der Waals surface area contributed by atoms with E-state index in [2.05, 4.69) is 16.4 Å². The van der Waals surface area contributed by atoms with Gasteiger partial charge in [0, 0.05) is 18.9 Å². The van der Waals surface area contributed by atoms with Crippen LogP contribution in [0.1, 0.15) is 35.6 Å². The number of amides is 1. The molecule has 152 valence electrons. The number of hydrogen-bond donors (Lipinski definition) is 1. The molecule has 0 aliphatic heterocycles. The Morgan fingerprint density at radius 3 is 2.50 bits per heavy atom. The molecule has 1 aliphatic carbocycles. The smallest absolute Gasteiger partial charge is 0.224 e. The lowest BCUT2D eigenvalue weighted by atomic mass is 10.0. The lowest BCUT2D eigenvalue weighted by Gasteiger charge is -2.08. The van der Waals surface area contributed by atoms with E-state index in [1.807, 2.05) is 49.4 Å². The normalized spacial score (nSPS) is 13.7. The van der Waals surface area contributed by atoms with E-state index >= 15 is 0 Å². The average Bonchev–Trinajstić information content (AvgIpc) is 2.99. The highest BCUT2D eigenvalue weighted by Gasteiger charge is 2.25. The fraction of sp³-hybridized carbons (Fsp3) is 0.120. The molecular formula is C25H22ClFN2O. The lowest BCUT2D eigenvalue weighted by molar-refractivity contribution is -0.120. The summed E-state index contributed by atoms with van der Waals surface area (Å²) in [5.41, 5.74) is 6.67. The standard InChI is InChI=1S/C25H21FN2O.ClH/c1-17-22(13-18-9-11-27-12-10-18)21-8-7-20(26)14-24(21)23(17)15-25(29)28-16-19-5-3-2-4-6-19;/h2-14H,15-16H2,1H3,(H,28,29);1H/b22-13+;. The van der Waals surface area contributed by atoms with Gasteiger partial charge >= 0.3 is 0 Å². The third-order valence-corrected chi connectivity index (χ3v) is 5.14. The summed E-state index contributed by atoms with van der Waals surface area (Å²) in [6, 6.07) is 18.4. The van der Waals surface area contributed by atoms with Crippen molar-refractivity contribution < 1.29 is 9.18 Å². The van der Waals surface area contributed by atoms with Crippen molar-refractivity contribution in [3.63, 3.8) is 0 Å². The zero-order chi connectivity index (χ0) is 20.2. The van der Waals surface area contributed by atoms with Gasteiger partial charge in [0.15, 0.2) is 0 Å². The van der Waals surface area contributed by atoms with E-state index in [-0.39, 0.29) is 30.6 Å². The van der Waals surface area contributed by atoms with Gasteiger partial charge in [-0.3, -0.25) is 9.78 Å². The lowest BCUT2D eigenvalue weighted by Crippen LogP contribution is -2.22. The van der Waals surface area contributed by atoms with Crippen LogP contribution in [-0.4, -0.2) is 10.9 Å². The second-order valence-electron chi connectivity index (χ2n) is 7.07. The molecule has 0 atom stereocenters. The van der Waals surface area contributed by atoms with Gasteiger partial charge in [-0.25, -0.2) is 4.39 Å². The maximum Gasteiger partial charge on any atom is 0.224 e. The summed E-state index contributed by atoms with van der Waals surface area (Å²) in [6.07, 6.45) is 5.75. The molecule has 30 heavy (non-hydrogen) atoms. The second-order valence-corrected chi connectivity index (χ2v) is 7.07. The first kappa shape index (κ1) is 21.5. The number of aromatic nitrogens is 1. The number of allylic oxidation sites excluding steroid dienone is 2. The molecule has 0 fully saturated rings. The largest absolute Gasteiger partial charge is 0.352 e. The van der Waals surface area contributed by atoms with Gasteiger partial charge in [-0.15, -0.1) is 12.4 Å². The van der Waals surface area contributed by atoms with Crippen LogP contribution in [0, 0.1) is 5.82 Å². The summed E-state index contributed by atoms with van der Waals surface area (Å²) >= 11 is 0. The Bertz CT molecular complexity index is 1110. The summed E-state index contributed by atoms with van der Waals surface area (Å²) in [6.45, 7) is 2.46. The van der Waals surface area contributed by atoms with Gasteiger partial charge in [0.25, 0.3) is 0 Å². The van der Waals surface area contributed by atoms with E-state index in [9.17, 15) is 9.18 Å². The van der Waals surface area contributed by atoms with E-state index in [0.29, 0.717) is 6.54 Å². The van der Waals surface area contributed by atoms with Crippen LogP contribution in [-0.2, 0) is 11.3 Å². The summed E-state index contributed by atoms with van der Waals surface area (Å²) in [4.78, 5) is 16.7. The SMILES string of the molecule is CC1=C(CC(=O)NCc2ccccc2)c2cc(F)ccc2/C1=C/c1ccncc1.Cl. The Balaban J connectivity index is 0.00000256. The Morgan fingerprint density at radius 2 is 1.77 bits per heavy atom. The van der Waals surface area contributed by atoms with Crippen LogP contribution in [0.15, 0.2) is 78.6 Å². The Labute approximate surface area is 181 Å². The zero-order valence-corrected chi connectivity index (χ0v) is 17.4. The van der Waals surface area contributed by atoms with E-state index in [1.54, 1.807) is 18.5 Å². The van der Waals surface area contributed by atoms with Crippen molar-refractivity contribution in [3.05, 3.63) is 107 Å². The topological polar surface area (TPSA) is 42.0 Å². The predicted molar refractivity (Wildman–Crippen MR) is 121 cm³/mol. The molecule has 0 radical (unpaired) electrons. The van der Waals surface area contributed by atoms with Crippen molar-refractivity contribution in [2.24, 2.45) is 0 Å². The molecule has 4 rings (SSSR count). The van der Waals surface area contributed by atoms with Crippen molar-refractivity contribution in [2.45, 2.75) is 19.9 Å². The molecule has 1 heterocycles. The number of carbonyl (C=O) groups excluding carboxylic acids is 1. The van der Waals surface area contributed by atoms with Gasteiger partial charge < -0.3 is 5.32 Å². The number of rotatable bonds is 5. The number of nitrogens with zero attached hydrogens (tertiary/aromatic N) is 1. The first-order valence-corrected chi connectivity index (χ1v) is 9.54. The van der Waals surface area contributed by atoms with Gasteiger partial charge in [0.05, 0.1) is 6.42 Å². The Morgan fingerprint density at radius 1 is 1.03 bits per heavy atom. The van der Waals surface area contributed by atoms with E-state index in [1.165, 1.54) is 12.1 Å². The van der Waals surface area contributed by atoms with Gasteiger partial charge in [-0.1, -0.05) is 36.4 Å². The fourth-order valence-corrected chi connectivity index (χ4v) is 3.63. The molecule has 5 heteroatoms. The van der Waals surface area contributed by atoms with Gasteiger partial charge in [-0.05, 0) is 76.2 Å². The van der Waals surface area contributed by atoms with Crippen molar-refractivity contribution in [1.29, 1.82) is 0 Å². The van der Waals surface area contributed by atoms with Crippen LogP contribution in [0.4, 0.5) is 4.39 Å². The van der Waals surface area contributed by atoms with Crippen LogP contribution < -0.4 is 5.32 Å². The van der Waals surface area contributed by atoms with E-state index in [0.717, 1.165) is 39.0 Å². The third-order valence-electron chi connectivity index (χ3n) is 5.14. The third kappa shape index (κ3) is 4.66. The highest BCUT2D eigenvalue weighted by atomic mass is 35.5. The van der Waals surface area contributed by atoms with E-state index in [4.69, 9.17) is 0 Å². The maximum absolute atomic E-state index is 14.0. The molecule has 1 N–H and O–H groups in total. The number of hydrogen-bond acceptors (Lipinski definition) is 2. The molecule has 1 amide bonds. The van der Waals surface area contributed by atoms with Crippen LogP contribution in [0.25, 0.3) is 17.2 Å². The minimum absolute atomic E-state index is 0. The molecule has 0 saturated carbocycles. The van der Waals surface area contributed by atoms with Crippen LogP contribution in [0.3, 0.4) is 0 Å². The van der Waals surface area contributed by atoms with Crippen LogP contribution in [0.5, 0.6) is 0 Å². The number of halogens is 2. The minimum atomic E-state index is -0.302. The first-order valence-electron chi connectivity index (χ1n) is 9.54. The van der Waals surface area contributed by atoms with Gasteiger partial charge in [0.1, 0.15) is 5.82 Å². The summed E-state index contributed by atoms with van der Waals surface area (Å²) in [5.74, 6) is -0.382. The number of benzene rings is 2. The molecule has 0 saturated heterocycles. The van der Waals surface area contributed by atoms with Crippen molar-refractivity contribution in [3.8, 4) is 0 Å². The molecule has 1 aromatic heterocycles. The molecule has 0 unspecified atom stereocenters. The molecule has 2 aromatic carbocycles. The molecule has 3 aromatic rings. The highest BCUT2D eigenvalue weighted by molar-refractivity contribution is 6.08. The van der Waals surface area contributed by atoms with Gasteiger partial charge in [0.2, 0.25) is 5.91 Å². The molecule has 0 bridgehead atoms. The fourth-order valence-electron chi connectivity index (χ4n) is 3.63. The molecule has 3 nitrogen and oxygen atoms in total. The zero-order valence-electron chi connectivity index (χ0n) is 16.6. The summed E-state index contributed by atoms with van der Waals surface area (Å²) in [7, 11) is 0. The van der Waals surface area contributed by atoms with Crippen molar-refractivity contribution in [1.82, 2.24) is 10.3 Å². The average molecular weight is 421 g/mol. The van der Waals surface area contributed by atoms with Gasteiger partial charge in [-0.2, -0.15) is 0 Å². The number of fused-ring (bicyclic) bond motifs is 1. The maximum atomic E-state index is 14.0. The first-order chi connectivity index (χ1) is 14.1. The number of carbonyl (C=O) groups is 1. The predicted octanol–water partition coefficient (Wildman–Crippen LogP) is 5.68. The monoisotopic (exact) mass is 420 g/mol. The van der Waals surface area contributed by atoms with Crippen molar-refractivity contribution >= 4 is 35.5 Å². The Kier molecular flexibility index (Phi) is 6.80. The minimum Gasteiger partial charge on any atom is -0.352 e. The number of nitrogens with one attached hydrogen (secondary N) is 1. The molecule has 1 aliphatic rings. The quantitative estimate of drug-likeness (QED) is 0.577. The Hall–Kier alpha value is -3.24. The highest BCUT2D eigenvalue weighted by Crippen LogP contribution is 2.43. The summed E-state index contributed by atoms with van der Waals surface area (Å²) in [5, 5.41) is 2.96. The van der Waals surface area contributed by atoms with Crippen LogP contribution >= 0.6 is 12.4 Å². The molecular weight excluding hydrogens is 399 g/mol. The molecule has 0 spiro atoms.